The van der Waals surface area contributed by atoms with Gasteiger partial charge in [-0.15, -0.1) is 11.3 Å². The highest BCUT2D eigenvalue weighted by molar-refractivity contribution is 7.10. The normalized spacial score (nSPS) is 19.1. The fourth-order valence-corrected chi connectivity index (χ4v) is 3.64. The Morgan fingerprint density at radius 2 is 2.00 bits per heavy atom. The van der Waals surface area contributed by atoms with Gasteiger partial charge in [-0.3, -0.25) is 9.69 Å². The second-order valence-electron chi connectivity index (χ2n) is 7.41. The van der Waals surface area contributed by atoms with Crippen LogP contribution in [0.3, 0.4) is 0 Å². The quantitative estimate of drug-likeness (QED) is 0.905. The van der Waals surface area contributed by atoms with Crippen LogP contribution in [0.5, 0.6) is 0 Å². The van der Waals surface area contributed by atoms with E-state index < -0.39 is 0 Å². The molecule has 1 atom stereocenters. The number of nitrogens with zero attached hydrogens (tertiary/aromatic N) is 2. The number of thiophene rings is 1. The summed E-state index contributed by atoms with van der Waals surface area (Å²) in [5.41, 5.74) is 0.0380. The molecule has 1 aliphatic heterocycles. The van der Waals surface area contributed by atoms with Crippen molar-refractivity contribution >= 4 is 17.2 Å². The summed E-state index contributed by atoms with van der Waals surface area (Å²) in [6.45, 7) is 11.3. The highest BCUT2D eigenvalue weighted by Gasteiger charge is 2.25. The van der Waals surface area contributed by atoms with Gasteiger partial charge >= 0.3 is 0 Å². The van der Waals surface area contributed by atoms with Crippen LogP contribution in [0.2, 0.25) is 0 Å². The van der Waals surface area contributed by atoms with Gasteiger partial charge in [-0.2, -0.15) is 0 Å². The van der Waals surface area contributed by atoms with Crippen LogP contribution in [-0.2, 0) is 4.79 Å². The van der Waals surface area contributed by atoms with E-state index in [-0.39, 0.29) is 11.3 Å². The van der Waals surface area contributed by atoms with Gasteiger partial charge < -0.3 is 10.2 Å². The Balaban J connectivity index is 1.96. The van der Waals surface area contributed by atoms with Gasteiger partial charge in [0, 0.05) is 44.0 Å². The Labute approximate surface area is 138 Å². The molecule has 1 aromatic rings. The van der Waals surface area contributed by atoms with Crippen LogP contribution in [0, 0.1) is 5.41 Å². The Morgan fingerprint density at radius 1 is 1.32 bits per heavy atom. The maximum Gasteiger partial charge on any atom is 0.220 e. The molecule has 0 spiro atoms. The van der Waals surface area contributed by atoms with E-state index in [2.05, 4.69) is 60.4 Å². The largest absolute Gasteiger partial charge is 0.354 e. The Bertz CT molecular complexity index is 459. The zero-order valence-electron chi connectivity index (χ0n) is 14.3. The van der Waals surface area contributed by atoms with E-state index in [9.17, 15) is 4.79 Å². The first-order valence-corrected chi connectivity index (χ1v) is 8.96. The van der Waals surface area contributed by atoms with E-state index in [0.29, 0.717) is 19.0 Å². The summed E-state index contributed by atoms with van der Waals surface area (Å²) in [4.78, 5) is 18.3. The first kappa shape index (κ1) is 17.4. The second-order valence-corrected chi connectivity index (χ2v) is 8.39. The Hall–Kier alpha value is -0.910. The summed E-state index contributed by atoms with van der Waals surface area (Å²) in [6.07, 6.45) is 0.576. The van der Waals surface area contributed by atoms with E-state index in [0.717, 1.165) is 26.2 Å². The number of carbonyl (C=O) groups excluding carboxylic acids is 1. The molecule has 4 nitrogen and oxygen atoms in total. The zero-order chi connectivity index (χ0) is 16.2. The van der Waals surface area contributed by atoms with Crippen molar-refractivity contribution in [3.05, 3.63) is 22.4 Å². The smallest absolute Gasteiger partial charge is 0.220 e. The molecule has 1 fully saturated rings. The number of rotatable bonds is 5. The summed E-state index contributed by atoms with van der Waals surface area (Å²) in [7, 11) is 2.17. The molecular formula is C17H29N3OS. The molecule has 1 amide bonds. The lowest BCUT2D eigenvalue weighted by atomic mass is 9.92. The lowest BCUT2D eigenvalue weighted by Gasteiger charge is -2.37. The van der Waals surface area contributed by atoms with Gasteiger partial charge in [0.15, 0.2) is 0 Å². The fraction of sp³-hybridized carbons (Fsp3) is 0.706. The van der Waals surface area contributed by atoms with Crippen LogP contribution in [0.25, 0.3) is 0 Å². The van der Waals surface area contributed by atoms with Crippen LogP contribution in [0.15, 0.2) is 17.5 Å². The highest BCUT2D eigenvalue weighted by Crippen LogP contribution is 2.26. The summed E-state index contributed by atoms with van der Waals surface area (Å²) in [5.74, 6) is 0.156. The monoisotopic (exact) mass is 323 g/mol. The molecule has 1 saturated heterocycles. The average molecular weight is 324 g/mol. The summed E-state index contributed by atoms with van der Waals surface area (Å²) < 4.78 is 0. The molecule has 0 aliphatic carbocycles. The van der Waals surface area contributed by atoms with E-state index in [4.69, 9.17) is 0 Å². The van der Waals surface area contributed by atoms with Crippen LogP contribution in [0.1, 0.15) is 38.1 Å². The predicted molar refractivity (Wildman–Crippen MR) is 93.2 cm³/mol. The van der Waals surface area contributed by atoms with Gasteiger partial charge in [0.25, 0.3) is 0 Å². The standard InChI is InChI=1S/C17H29N3OS/c1-17(2,3)12-16(21)18-13-14(15-6-5-11-22-15)20-9-7-19(4)8-10-20/h5-6,11,14H,7-10,12-13H2,1-4H3,(H,18,21). The molecular weight excluding hydrogens is 294 g/mol. The van der Waals surface area contributed by atoms with Crippen molar-refractivity contribution in [3.8, 4) is 0 Å². The lowest BCUT2D eigenvalue weighted by Crippen LogP contribution is -2.48. The van der Waals surface area contributed by atoms with Crippen molar-refractivity contribution in [3.63, 3.8) is 0 Å². The van der Waals surface area contributed by atoms with Gasteiger partial charge in [0.1, 0.15) is 0 Å². The molecule has 0 radical (unpaired) electrons. The van der Waals surface area contributed by atoms with Gasteiger partial charge in [0.2, 0.25) is 5.91 Å². The van der Waals surface area contributed by atoms with E-state index in [1.807, 2.05) is 0 Å². The third-order valence-corrected chi connectivity index (χ3v) is 5.01. The van der Waals surface area contributed by atoms with Gasteiger partial charge in [-0.25, -0.2) is 0 Å². The number of hydrogen-bond acceptors (Lipinski definition) is 4. The molecule has 1 N–H and O–H groups in total. The van der Waals surface area contributed by atoms with Crippen LogP contribution in [-0.4, -0.2) is 55.5 Å². The van der Waals surface area contributed by atoms with Crippen molar-refractivity contribution in [2.75, 3.05) is 39.8 Å². The van der Waals surface area contributed by atoms with E-state index in [1.165, 1.54) is 4.88 Å². The van der Waals surface area contributed by atoms with Crippen molar-refractivity contribution in [1.29, 1.82) is 0 Å². The summed E-state index contributed by atoms with van der Waals surface area (Å²) in [5, 5.41) is 5.27. The van der Waals surface area contributed by atoms with Gasteiger partial charge in [-0.05, 0) is 23.9 Å². The van der Waals surface area contributed by atoms with E-state index >= 15 is 0 Å². The summed E-state index contributed by atoms with van der Waals surface area (Å²) >= 11 is 1.78. The minimum absolute atomic E-state index is 0.0380. The molecule has 1 aliphatic rings. The number of piperazine rings is 1. The third-order valence-electron chi connectivity index (χ3n) is 4.03. The molecule has 5 heteroatoms. The SMILES string of the molecule is CN1CCN(C(CNC(=O)CC(C)(C)C)c2cccs2)CC1. The van der Waals surface area contributed by atoms with Gasteiger partial charge in [-0.1, -0.05) is 26.8 Å². The van der Waals surface area contributed by atoms with Crippen molar-refractivity contribution in [2.24, 2.45) is 5.41 Å². The topological polar surface area (TPSA) is 35.6 Å². The molecule has 124 valence electrons. The zero-order valence-corrected chi connectivity index (χ0v) is 15.1. The fourth-order valence-electron chi connectivity index (χ4n) is 2.78. The van der Waals surface area contributed by atoms with Crippen LogP contribution < -0.4 is 5.32 Å². The van der Waals surface area contributed by atoms with E-state index in [1.54, 1.807) is 11.3 Å². The maximum atomic E-state index is 12.1. The first-order valence-electron chi connectivity index (χ1n) is 8.08. The van der Waals surface area contributed by atoms with Crippen molar-refractivity contribution < 1.29 is 4.79 Å². The highest BCUT2D eigenvalue weighted by atomic mass is 32.1. The molecule has 22 heavy (non-hydrogen) atoms. The minimum atomic E-state index is 0.0380. The number of hydrogen-bond donors (Lipinski definition) is 1. The molecule has 0 saturated carbocycles. The number of likely N-dealkylation sites (N-methyl/N-ethyl adjacent to an activating group) is 1. The molecule has 2 heterocycles. The Morgan fingerprint density at radius 3 is 2.55 bits per heavy atom. The number of amides is 1. The molecule has 0 aromatic carbocycles. The minimum Gasteiger partial charge on any atom is -0.354 e. The average Bonchev–Trinajstić information content (AvgIpc) is 2.93. The first-order chi connectivity index (χ1) is 10.3. The van der Waals surface area contributed by atoms with Crippen LogP contribution in [0.4, 0.5) is 0 Å². The van der Waals surface area contributed by atoms with Crippen molar-refractivity contribution in [1.82, 2.24) is 15.1 Å². The maximum absolute atomic E-state index is 12.1. The van der Waals surface area contributed by atoms with Gasteiger partial charge in [0.05, 0.1) is 6.04 Å². The number of carbonyl (C=O) groups is 1. The third kappa shape index (κ3) is 5.38. The molecule has 0 bridgehead atoms. The Kier molecular flexibility index (Phi) is 6.01. The number of nitrogens with one attached hydrogen (secondary N) is 1. The molecule has 1 aromatic heterocycles. The van der Waals surface area contributed by atoms with Crippen molar-refractivity contribution in [2.45, 2.75) is 33.2 Å². The molecule has 2 rings (SSSR count). The summed E-state index contributed by atoms with van der Waals surface area (Å²) in [6, 6.07) is 4.58. The predicted octanol–water partition coefficient (Wildman–Crippen LogP) is 2.59. The second kappa shape index (κ2) is 7.57. The lowest BCUT2D eigenvalue weighted by molar-refractivity contribution is -0.123. The molecule has 1 unspecified atom stereocenters. The van der Waals surface area contributed by atoms with Crippen LogP contribution >= 0.6 is 11.3 Å².